The van der Waals surface area contributed by atoms with Crippen LogP contribution in [0.15, 0.2) is 24.9 Å². The topological polar surface area (TPSA) is 30.0 Å². The van der Waals surface area contributed by atoms with E-state index in [4.69, 9.17) is 0 Å². The Hall–Kier alpha value is -1.44. The number of nitrogens with zero attached hydrogens (tertiary/aromatic N) is 1. The van der Waals surface area contributed by atoms with Crippen LogP contribution in [0.4, 0.5) is 0 Å². The molecule has 0 bridgehead atoms. The maximum atomic E-state index is 11.8. The lowest BCUT2D eigenvalue weighted by Crippen LogP contribution is -2.04. The average molecular weight is 203 g/mol. The number of aryl methyl sites for hydroxylation is 2. The number of aromatic nitrogens is 1. The van der Waals surface area contributed by atoms with E-state index in [0.717, 1.165) is 24.0 Å². The van der Waals surface area contributed by atoms with Crippen LogP contribution in [0.25, 0.3) is 0 Å². The molecule has 1 rings (SSSR count). The first kappa shape index (κ1) is 11.6. The Morgan fingerprint density at radius 3 is 2.87 bits per heavy atom. The van der Waals surface area contributed by atoms with Crippen molar-refractivity contribution in [3.63, 3.8) is 0 Å². The molecule has 2 nitrogen and oxygen atoms in total. The molecule has 0 aliphatic rings. The van der Waals surface area contributed by atoms with Crippen LogP contribution in [0.3, 0.4) is 0 Å². The van der Waals surface area contributed by atoms with Gasteiger partial charge in [-0.2, -0.15) is 0 Å². The van der Waals surface area contributed by atoms with Gasteiger partial charge >= 0.3 is 0 Å². The highest BCUT2D eigenvalue weighted by atomic mass is 16.1. The lowest BCUT2D eigenvalue weighted by Gasteiger charge is -2.04. The smallest absolute Gasteiger partial charge is 0.181 e. The molecule has 1 aromatic heterocycles. The molecular formula is C13H17NO. The number of allylic oxidation sites excluding steroid dienone is 1. The number of carbonyl (C=O) groups is 1. The van der Waals surface area contributed by atoms with E-state index in [1.54, 1.807) is 6.20 Å². The Morgan fingerprint density at radius 2 is 2.27 bits per heavy atom. The summed E-state index contributed by atoms with van der Waals surface area (Å²) >= 11 is 0. The highest BCUT2D eigenvalue weighted by Gasteiger charge is 2.09. The van der Waals surface area contributed by atoms with Gasteiger partial charge < -0.3 is 0 Å². The van der Waals surface area contributed by atoms with E-state index in [0.29, 0.717) is 12.1 Å². The molecule has 15 heavy (non-hydrogen) atoms. The van der Waals surface area contributed by atoms with Crippen molar-refractivity contribution in [3.8, 4) is 0 Å². The summed E-state index contributed by atoms with van der Waals surface area (Å²) in [6.45, 7) is 7.54. The highest BCUT2D eigenvalue weighted by molar-refractivity contribution is 5.95. The summed E-state index contributed by atoms with van der Waals surface area (Å²) in [4.78, 5) is 15.9. The minimum atomic E-state index is 0.134. The second kappa shape index (κ2) is 5.44. The maximum Gasteiger partial charge on any atom is 0.181 e. The van der Waals surface area contributed by atoms with Crippen LogP contribution in [0.2, 0.25) is 0 Å². The van der Waals surface area contributed by atoms with Crippen molar-refractivity contribution < 1.29 is 4.79 Å². The molecule has 0 aliphatic carbocycles. The lowest BCUT2D eigenvalue weighted by atomic mass is 10.1. The van der Waals surface area contributed by atoms with Crippen molar-refractivity contribution in [2.45, 2.75) is 33.1 Å². The van der Waals surface area contributed by atoms with Gasteiger partial charge in [0.25, 0.3) is 0 Å². The second-order valence-corrected chi connectivity index (χ2v) is 3.78. The Kier molecular flexibility index (Phi) is 4.22. The van der Waals surface area contributed by atoms with Gasteiger partial charge in [0.05, 0.1) is 0 Å². The largest absolute Gasteiger partial charge is 0.292 e. The molecule has 0 N–H and O–H groups in total. The normalized spacial score (nSPS) is 10.0. The SMILES string of the molecule is C=CCCCC(=O)c1ncc(C)cc1C. The van der Waals surface area contributed by atoms with E-state index in [1.807, 2.05) is 26.0 Å². The lowest BCUT2D eigenvalue weighted by molar-refractivity contribution is 0.0975. The number of carbonyl (C=O) groups excluding carboxylic acids is 1. The summed E-state index contributed by atoms with van der Waals surface area (Å²) in [7, 11) is 0. The number of hydrogen-bond acceptors (Lipinski definition) is 2. The fourth-order valence-corrected chi connectivity index (χ4v) is 1.53. The number of Topliss-reactive ketones (excluding diaryl/α,β-unsaturated/α-hetero) is 1. The van der Waals surface area contributed by atoms with Gasteiger partial charge in [0, 0.05) is 12.6 Å². The zero-order valence-electron chi connectivity index (χ0n) is 9.42. The molecule has 0 saturated carbocycles. The van der Waals surface area contributed by atoms with Crippen LogP contribution in [0.5, 0.6) is 0 Å². The summed E-state index contributed by atoms with van der Waals surface area (Å²) < 4.78 is 0. The minimum absolute atomic E-state index is 0.134. The molecule has 1 aromatic rings. The Morgan fingerprint density at radius 1 is 1.53 bits per heavy atom. The van der Waals surface area contributed by atoms with Gasteiger partial charge in [-0.1, -0.05) is 12.1 Å². The van der Waals surface area contributed by atoms with Crippen molar-refractivity contribution >= 4 is 5.78 Å². The quantitative estimate of drug-likeness (QED) is 0.418. The standard InChI is InChI=1S/C13H17NO/c1-4-5-6-7-12(15)13-11(3)8-10(2)9-14-13/h4,8-9H,1,5-7H2,2-3H3. The predicted molar refractivity (Wildman–Crippen MR) is 62.1 cm³/mol. The number of ketones is 1. The molecule has 0 aromatic carbocycles. The molecule has 0 amide bonds. The molecular weight excluding hydrogens is 186 g/mol. The first-order valence-electron chi connectivity index (χ1n) is 5.22. The molecule has 0 aliphatic heterocycles. The summed E-state index contributed by atoms with van der Waals surface area (Å²) in [5.74, 6) is 0.134. The Bertz CT molecular complexity index is 369. The number of rotatable bonds is 5. The summed E-state index contributed by atoms with van der Waals surface area (Å²) in [6.07, 6.45) is 5.88. The van der Waals surface area contributed by atoms with E-state index >= 15 is 0 Å². The number of pyridine rings is 1. The molecule has 0 saturated heterocycles. The molecule has 0 unspecified atom stereocenters. The molecule has 2 heteroatoms. The third-order valence-electron chi connectivity index (χ3n) is 2.29. The Labute approximate surface area is 91.0 Å². The van der Waals surface area contributed by atoms with E-state index in [2.05, 4.69) is 11.6 Å². The molecule has 0 atom stereocenters. The summed E-state index contributed by atoms with van der Waals surface area (Å²) in [5, 5.41) is 0. The van der Waals surface area contributed by atoms with Gasteiger partial charge in [-0.25, -0.2) is 0 Å². The van der Waals surface area contributed by atoms with E-state index in [1.165, 1.54) is 0 Å². The summed E-state index contributed by atoms with van der Waals surface area (Å²) in [6, 6.07) is 1.99. The van der Waals surface area contributed by atoms with Crippen molar-refractivity contribution in [2.24, 2.45) is 0 Å². The van der Waals surface area contributed by atoms with Gasteiger partial charge in [-0.3, -0.25) is 9.78 Å². The van der Waals surface area contributed by atoms with Gasteiger partial charge in [-0.15, -0.1) is 6.58 Å². The van der Waals surface area contributed by atoms with Crippen LogP contribution in [0.1, 0.15) is 40.9 Å². The molecule has 0 radical (unpaired) electrons. The van der Waals surface area contributed by atoms with Crippen LogP contribution >= 0.6 is 0 Å². The van der Waals surface area contributed by atoms with E-state index in [9.17, 15) is 4.79 Å². The first-order chi connectivity index (χ1) is 7.15. The zero-order valence-corrected chi connectivity index (χ0v) is 9.42. The highest BCUT2D eigenvalue weighted by Crippen LogP contribution is 2.11. The third kappa shape index (κ3) is 3.31. The average Bonchev–Trinajstić information content (AvgIpc) is 2.17. The number of hydrogen-bond donors (Lipinski definition) is 0. The van der Waals surface area contributed by atoms with Crippen LogP contribution in [0, 0.1) is 13.8 Å². The fourth-order valence-electron chi connectivity index (χ4n) is 1.53. The van der Waals surface area contributed by atoms with Crippen molar-refractivity contribution in [1.29, 1.82) is 0 Å². The first-order valence-corrected chi connectivity index (χ1v) is 5.22. The monoisotopic (exact) mass is 203 g/mol. The van der Waals surface area contributed by atoms with Gasteiger partial charge in [-0.05, 0) is 37.8 Å². The Balaban J connectivity index is 2.69. The van der Waals surface area contributed by atoms with Gasteiger partial charge in [0.15, 0.2) is 5.78 Å². The van der Waals surface area contributed by atoms with Crippen molar-refractivity contribution in [3.05, 3.63) is 41.7 Å². The summed E-state index contributed by atoms with van der Waals surface area (Å²) in [5.41, 5.74) is 2.68. The van der Waals surface area contributed by atoms with Crippen molar-refractivity contribution in [2.75, 3.05) is 0 Å². The molecule has 80 valence electrons. The molecule has 0 fully saturated rings. The predicted octanol–water partition coefficient (Wildman–Crippen LogP) is 3.24. The van der Waals surface area contributed by atoms with Crippen molar-refractivity contribution in [1.82, 2.24) is 4.98 Å². The fraction of sp³-hybridized carbons (Fsp3) is 0.385. The molecule has 1 heterocycles. The van der Waals surface area contributed by atoms with Crippen LogP contribution in [-0.2, 0) is 0 Å². The van der Waals surface area contributed by atoms with Crippen LogP contribution < -0.4 is 0 Å². The van der Waals surface area contributed by atoms with Gasteiger partial charge in [0.1, 0.15) is 5.69 Å². The van der Waals surface area contributed by atoms with Gasteiger partial charge in [0.2, 0.25) is 0 Å². The molecule has 0 spiro atoms. The third-order valence-corrected chi connectivity index (χ3v) is 2.29. The van der Waals surface area contributed by atoms with Crippen LogP contribution in [-0.4, -0.2) is 10.8 Å². The van der Waals surface area contributed by atoms with E-state index in [-0.39, 0.29) is 5.78 Å². The second-order valence-electron chi connectivity index (χ2n) is 3.78. The van der Waals surface area contributed by atoms with E-state index < -0.39 is 0 Å². The number of unbranched alkanes of at least 4 members (excludes halogenated alkanes) is 1. The zero-order chi connectivity index (χ0) is 11.3. The minimum Gasteiger partial charge on any atom is -0.292 e. The maximum absolute atomic E-state index is 11.8.